The predicted octanol–water partition coefficient (Wildman–Crippen LogP) is 3.19. The molecule has 0 saturated carbocycles. The summed E-state index contributed by atoms with van der Waals surface area (Å²) in [5.41, 5.74) is 1.48. The maximum atomic E-state index is 13.0. The molecule has 0 spiro atoms. The molecule has 0 fully saturated rings. The molecular formula is C12H8ClFN4. The summed E-state index contributed by atoms with van der Waals surface area (Å²) >= 11 is 5.66. The Kier molecular flexibility index (Phi) is 3.40. The zero-order valence-corrected chi connectivity index (χ0v) is 10.2. The zero-order chi connectivity index (χ0) is 13.1. The molecule has 0 atom stereocenters. The van der Waals surface area contributed by atoms with Crippen LogP contribution in [0.15, 0.2) is 24.3 Å². The summed E-state index contributed by atoms with van der Waals surface area (Å²) in [5, 5.41) is 11.7. The molecule has 0 radical (unpaired) electrons. The van der Waals surface area contributed by atoms with Gasteiger partial charge in [-0.15, -0.1) is 0 Å². The molecule has 0 unspecified atom stereocenters. The standard InChI is InChI=1S/C12H8ClFN4/c1-7-4-9(6-15)18-12(16-7)17-8-2-3-11(14)10(13)5-8/h2-5H,1H3,(H,16,17,18). The highest BCUT2D eigenvalue weighted by Crippen LogP contribution is 2.21. The predicted molar refractivity (Wildman–Crippen MR) is 66.2 cm³/mol. The fourth-order valence-corrected chi connectivity index (χ4v) is 1.57. The molecule has 0 saturated heterocycles. The SMILES string of the molecule is Cc1cc(C#N)nc(Nc2ccc(F)c(Cl)c2)n1. The van der Waals surface area contributed by atoms with Crippen LogP contribution in [0.3, 0.4) is 0 Å². The van der Waals surface area contributed by atoms with Crippen LogP contribution in [0, 0.1) is 24.1 Å². The molecule has 2 rings (SSSR count). The van der Waals surface area contributed by atoms with E-state index in [1.54, 1.807) is 13.0 Å². The number of hydrogen-bond donors (Lipinski definition) is 1. The molecule has 90 valence electrons. The topological polar surface area (TPSA) is 61.6 Å². The van der Waals surface area contributed by atoms with E-state index in [9.17, 15) is 4.39 Å². The minimum atomic E-state index is -0.495. The smallest absolute Gasteiger partial charge is 0.228 e. The lowest BCUT2D eigenvalue weighted by molar-refractivity contribution is 0.628. The Morgan fingerprint density at radius 1 is 1.33 bits per heavy atom. The van der Waals surface area contributed by atoms with Crippen molar-refractivity contribution in [2.24, 2.45) is 0 Å². The summed E-state index contributed by atoms with van der Waals surface area (Å²) in [5.74, 6) is -0.223. The number of hydrogen-bond acceptors (Lipinski definition) is 4. The first-order valence-corrected chi connectivity index (χ1v) is 5.44. The molecule has 0 aliphatic carbocycles. The molecule has 6 heteroatoms. The van der Waals surface area contributed by atoms with Gasteiger partial charge in [-0.1, -0.05) is 11.6 Å². The first kappa shape index (κ1) is 12.3. The van der Waals surface area contributed by atoms with E-state index in [0.29, 0.717) is 11.4 Å². The van der Waals surface area contributed by atoms with Crippen LogP contribution in [-0.2, 0) is 0 Å². The third-order valence-electron chi connectivity index (χ3n) is 2.14. The van der Waals surface area contributed by atoms with E-state index < -0.39 is 5.82 Å². The van der Waals surface area contributed by atoms with Crippen LogP contribution in [0.25, 0.3) is 0 Å². The second kappa shape index (κ2) is 4.98. The van der Waals surface area contributed by atoms with E-state index in [1.165, 1.54) is 18.2 Å². The molecule has 1 aromatic carbocycles. The van der Waals surface area contributed by atoms with Gasteiger partial charge >= 0.3 is 0 Å². The molecule has 2 aromatic rings. The van der Waals surface area contributed by atoms with Crippen molar-refractivity contribution in [1.82, 2.24) is 9.97 Å². The molecule has 0 amide bonds. The normalized spacial score (nSPS) is 9.89. The van der Waals surface area contributed by atoms with Crippen molar-refractivity contribution in [2.75, 3.05) is 5.32 Å². The van der Waals surface area contributed by atoms with E-state index in [1.807, 2.05) is 6.07 Å². The van der Waals surface area contributed by atoms with Gasteiger partial charge in [-0.3, -0.25) is 0 Å². The van der Waals surface area contributed by atoms with Crippen molar-refractivity contribution < 1.29 is 4.39 Å². The molecule has 0 aliphatic rings. The molecule has 18 heavy (non-hydrogen) atoms. The Balaban J connectivity index is 2.31. The van der Waals surface area contributed by atoms with Gasteiger partial charge in [0.05, 0.1) is 5.02 Å². The lowest BCUT2D eigenvalue weighted by Crippen LogP contribution is -2.00. The Morgan fingerprint density at radius 2 is 2.11 bits per heavy atom. The summed E-state index contributed by atoms with van der Waals surface area (Å²) in [7, 11) is 0. The number of aromatic nitrogens is 2. The van der Waals surface area contributed by atoms with Crippen LogP contribution in [0.2, 0.25) is 5.02 Å². The van der Waals surface area contributed by atoms with Gasteiger partial charge in [0.1, 0.15) is 17.6 Å². The van der Waals surface area contributed by atoms with Crippen LogP contribution in [0.4, 0.5) is 16.0 Å². The van der Waals surface area contributed by atoms with Crippen LogP contribution in [0.5, 0.6) is 0 Å². The van der Waals surface area contributed by atoms with Crippen molar-refractivity contribution >= 4 is 23.2 Å². The Hall–Kier alpha value is -2.19. The third kappa shape index (κ3) is 2.73. The second-order valence-corrected chi connectivity index (χ2v) is 3.99. The average Bonchev–Trinajstić information content (AvgIpc) is 2.33. The van der Waals surface area contributed by atoms with Crippen molar-refractivity contribution in [2.45, 2.75) is 6.92 Å². The van der Waals surface area contributed by atoms with E-state index in [0.717, 1.165) is 0 Å². The van der Waals surface area contributed by atoms with E-state index >= 15 is 0 Å². The van der Waals surface area contributed by atoms with Gasteiger partial charge in [0.25, 0.3) is 0 Å². The van der Waals surface area contributed by atoms with Gasteiger partial charge in [0.15, 0.2) is 0 Å². The molecule has 1 heterocycles. The molecule has 1 N–H and O–H groups in total. The number of aryl methyl sites for hydroxylation is 1. The lowest BCUT2D eigenvalue weighted by atomic mass is 10.3. The van der Waals surface area contributed by atoms with Crippen LogP contribution in [0.1, 0.15) is 11.4 Å². The highest BCUT2D eigenvalue weighted by Gasteiger charge is 2.04. The number of benzene rings is 1. The Labute approximate surface area is 108 Å². The number of halogens is 2. The quantitative estimate of drug-likeness (QED) is 0.903. The lowest BCUT2D eigenvalue weighted by Gasteiger charge is -2.06. The average molecular weight is 263 g/mol. The van der Waals surface area contributed by atoms with E-state index in [4.69, 9.17) is 16.9 Å². The van der Waals surface area contributed by atoms with Crippen molar-refractivity contribution in [3.63, 3.8) is 0 Å². The number of nitrogens with zero attached hydrogens (tertiary/aromatic N) is 3. The number of nitrogens with one attached hydrogen (secondary N) is 1. The van der Waals surface area contributed by atoms with Crippen molar-refractivity contribution in [3.05, 3.63) is 46.5 Å². The highest BCUT2D eigenvalue weighted by molar-refractivity contribution is 6.31. The third-order valence-corrected chi connectivity index (χ3v) is 2.43. The maximum Gasteiger partial charge on any atom is 0.228 e. The summed E-state index contributed by atoms with van der Waals surface area (Å²) < 4.78 is 13.0. The number of rotatable bonds is 2. The Morgan fingerprint density at radius 3 is 2.78 bits per heavy atom. The van der Waals surface area contributed by atoms with E-state index in [2.05, 4.69) is 15.3 Å². The molecule has 1 aromatic heterocycles. The molecule has 0 aliphatic heterocycles. The van der Waals surface area contributed by atoms with Crippen LogP contribution < -0.4 is 5.32 Å². The van der Waals surface area contributed by atoms with Gasteiger partial charge in [-0.2, -0.15) is 5.26 Å². The largest absolute Gasteiger partial charge is 0.324 e. The van der Waals surface area contributed by atoms with Crippen molar-refractivity contribution in [3.8, 4) is 6.07 Å². The number of anilines is 2. The minimum Gasteiger partial charge on any atom is -0.324 e. The number of nitriles is 1. The van der Waals surface area contributed by atoms with Gasteiger partial charge in [-0.05, 0) is 31.2 Å². The molecule has 4 nitrogen and oxygen atoms in total. The minimum absolute atomic E-state index is 0.00756. The van der Waals surface area contributed by atoms with Crippen LogP contribution >= 0.6 is 11.6 Å². The van der Waals surface area contributed by atoms with Gasteiger partial charge in [-0.25, -0.2) is 14.4 Å². The summed E-state index contributed by atoms with van der Waals surface area (Å²) in [6, 6.07) is 7.69. The second-order valence-electron chi connectivity index (χ2n) is 3.58. The van der Waals surface area contributed by atoms with Gasteiger partial charge in [0.2, 0.25) is 5.95 Å². The van der Waals surface area contributed by atoms with E-state index in [-0.39, 0.29) is 16.7 Å². The summed E-state index contributed by atoms with van der Waals surface area (Å²) in [6.07, 6.45) is 0. The van der Waals surface area contributed by atoms with Gasteiger partial charge < -0.3 is 5.32 Å². The maximum absolute atomic E-state index is 13.0. The molecular weight excluding hydrogens is 255 g/mol. The van der Waals surface area contributed by atoms with Gasteiger partial charge in [0, 0.05) is 11.4 Å². The summed E-state index contributed by atoms with van der Waals surface area (Å²) in [6.45, 7) is 1.76. The fourth-order valence-electron chi connectivity index (χ4n) is 1.38. The first-order chi connectivity index (χ1) is 8.58. The zero-order valence-electron chi connectivity index (χ0n) is 9.41. The fraction of sp³-hybridized carbons (Fsp3) is 0.0833. The molecule has 0 bridgehead atoms. The first-order valence-electron chi connectivity index (χ1n) is 5.06. The monoisotopic (exact) mass is 262 g/mol. The van der Waals surface area contributed by atoms with Crippen molar-refractivity contribution in [1.29, 1.82) is 5.26 Å². The Bertz CT molecular complexity index is 636. The van der Waals surface area contributed by atoms with Crippen LogP contribution in [-0.4, -0.2) is 9.97 Å². The highest BCUT2D eigenvalue weighted by atomic mass is 35.5. The summed E-state index contributed by atoms with van der Waals surface area (Å²) in [4.78, 5) is 8.10.